The fourth-order valence-electron chi connectivity index (χ4n) is 6.97. The van der Waals surface area contributed by atoms with E-state index in [4.69, 9.17) is 9.47 Å². The van der Waals surface area contributed by atoms with E-state index >= 15 is 0 Å². The van der Waals surface area contributed by atoms with Crippen LogP contribution in [0.25, 0.3) is 0 Å². The molecule has 30 heavy (non-hydrogen) atoms. The van der Waals surface area contributed by atoms with Gasteiger partial charge in [0.15, 0.2) is 11.2 Å². The molecule has 1 heterocycles. The summed E-state index contributed by atoms with van der Waals surface area (Å²) in [5.41, 5.74) is -2.40. The first-order valence-electron chi connectivity index (χ1n) is 10.4. The van der Waals surface area contributed by atoms with Crippen LogP contribution in [0, 0.1) is 21.7 Å². The van der Waals surface area contributed by atoms with Crippen molar-refractivity contribution in [3.63, 3.8) is 0 Å². The van der Waals surface area contributed by atoms with Crippen LogP contribution in [0.1, 0.15) is 53.9 Å². The van der Waals surface area contributed by atoms with Crippen LogP contribution in [-0.2, 0) is 23.9 Å². The molecule has 0 aromatic heterocycles. The van der Waals surface area contributed by atoms with Gasteiger partial charge in [-0.25, -0.2) is 4.79 Å². The third-order valence-electron chi connectivity index (χ3n) is 8.97. The molecular weight excluding hydrogens is 384 g/mol. The number of esters is 2. The minimum Gasteiger partial charge on any atom is -0.468 e. The highest BCUT2D eigenvalue weighted by atomic mass is 16.6. The average molecular weight is 414 g/mol. The maximum absolute atomic E-state index is 13.5. The topological polar surface area (TPSA) is 89.9 Å². The van der Waals surface area contributed by atoms with E-state index in [1.807, 2.05) is 33.8 Å². The molecule has 4 rings (SSSR count). The van der Waals surface area contributed by atoms with Crippen LogP contribution in [0.4, 0.5) is 0 Å². The number of aliphatic hydroxyl groups is 1. The summed E-state index contributed by atoms with van der Waals surface area (Å²) in [7, 11) is 1.27. The minimum absolute atomic E-state index is 0.377. The standard InChI is InChI=1S/C24H30O6/c1-13-15-12-21(5)14(2)24(19(28)29-7,18(27)17(21)26)22(15,6)10-11-23(13)9-8-16(25)30-20(23,3)4/h8-9,17,26H,2,10-12H2,1,3-7H3/t17-,21+,22-,23-,24-/m1/s1. The van der Waals surface area contributed by atoms with Gasteiger partial charge in [0.05, 0.1) is 7.11 Å². The summed E-state index contributed by atoms with van der Waals surface area (Å²) in [6.07, 6.45) is 3.55. The number of hydrogen-bond donors (Lipinski definition) is 1. The second-order valence-electron chi connectivity index (χ2n) is 10.3. The maximum Gasteiger partial charge on any atom is 0.331 e. The Kier molecular flexibility index (Phi) is 4.01. The Balaban J connectivity index is 2.05. The fourth-order valence-corrected chi connectivity index (χ4v) is 6.97. The molecule has 4 aliphatic rings. The molecule has 0 aromatic carbocycles. The molecule has 2 fully saturated rings. The van der Waals surface area contributed by atoms with Gasteiger partial charge in [-0.2, -0.15) is 0 Å². The van der Waals surface area contributed by atoms with Crippen molar-refractivity contribution in [2.45, 2.75) is 65.6 Å². The first-order chi connectivity index (χ1) is 13.8. The van der Waals surface area contributed by atoms with Gasteiger partial charge in [0.25, 0.3) is 0 Å². The smallest absolute Gasteiger partial charge is 0.331 e. The summed E-state index contributed by atoms with van der Waals surface area (Å²) in [5, 5.41) is 11.0. The SMILES string of the molecule is C=C1[C@]2(C(=O)OC)C(=O)[C@@H](O)[C@@]1(C)CC1=C(C)[C@@]3(C=CC(=O)OC3(C)C)CC[C@]12C. The van der Waals surface area contributed by atoms with E-state index in [0.717, 1.165) is 11.1 Å². The Morgan fingerprint density at radius 1 is 1.23 bits per heavy atom. The molecule has 1 N–H and O–H groups in total. The molecule has 0 unspecified atom stereocenters. The predicted octanol–water partition coefficient (Wildman–Crippen LogP) is 3.05. The lowest BCUT2D eigenvalue weighted by atomic mass is 9.43. The van der Waals surface area contributed by atoms with Crippen molar-refractivity contribution in [1.29, 1.82) is 0 Å². The van der Waals surface area contributed by atoms with Gasteiger partial charge in [-0.15, -0.1) is 0 Å². The highest BCUT2D eigenvalue weighted by Crippen LogP contribution is 2.73. The molecule has 1 aliphatic heterocycles. The molecule has 0 radical (unpaired) electrons. The van der Waals surface area contributed by atoms with Crippen LogP contribution in [0.3, 0.4) is 0 Å². The number of carbonyl (C=O) groups is 3. The summed E-state index contributed by atoms with van der Waals surface area (Å²) in [6, 6.07) is 0. The van der Waals surface area contributed by atoms with Gasteiger partial charge in [0.2, 0.25) is 0 Å². The molecule has 1 spiro atoms. The number of Topliss-reactive ketones (excluding diaryl/α,β-unsaturated/α-hetero) is 1. The Hall–Kier alpha value is -2.21. The molecule has 5 atom stereocenters. The van der Waals surface area contributed by atoms with Gasteiger partial charge < -0.3 is 14.6 Å². The van der Waals surface area contributed by atoms with Gasteiger partial charge >= 0.3 is 11.9 Å². The summed E-state index contributed by atoms with van der Waals surface area (Å²) in [6.45, 7) is 13.7. The number of ether oxygens (including phenoxy) is 2. The molecule has 2 bridgehead atoms. The lowest BCUT2D eigenvalue weighted by molar-refractivity contribution is -0.166. The van der Waals surface area contributed by atoms with E-state index in [-0.39, 0.29) is 5.97 Å². The van der Waals surface area contributed by atoms with E-state index in [9.17, 15) is 19.5 Å². The van der Waals surface area contributed by atoms with E-state index in [1.54, 1.807) is 6.92 Å². The number of aliphatic hydroxyl groups excluding tert-OH is 1. The number of ketones is 1. The van der Waals surface area contributed by atoms with Gasteiger partial charge in [0, 0.05) is 22.3 Å². The molecule has 0 amide bonds. The van der Waals surface area contributed by atoms with E-state index in [2.05, 4.69) is 6.58 Å². The maximum atomic E-state index is 13.5. The van der Waals surface area contributed by atoms with Crippen LogP contribution in [0.15, 0.2) is 35.5 Å². The lowest BCUT2D eigenvalue weighted by Crippen LogP contribution is -2.59. The highest BCUT2D eigenvalue weighted by Gasteiger charge is 2.77. The number of rotatable bonds is 1. The quantitative estimate of drug-likeness (QED) is 0.403. The zero-order chi connectivity index (χ0) is 22.5. The second kappa shape index (κ2) is 5.72. The summed E-state index contributed by atoms with van der Waals surface area (Å²) in [4.78, 5) is 38.7. The minimum atomic E-state index is -1.62. The summed E-state index contributed by atoms with van der Waals surface area (Å²) in [5.74, 6) is -1.56. The van der Waals surface area contributed by atoms with Crippen molar-refractivity contribution in [2.24, 2.45) is 21.7 Å². The van der Waals surface area contributed by atoms with Gasteiger partial charge in [-0.05, 0) is 45.6 Å². The van der Waals surface area contributed by atoms with Crippen molar-refractivity contribution in [1.82, 2.24) is 0 Å². The van der Waals surface area contributed by atoms with Crippen LogP contribution < -0.4 is 0 Å². The van der Waals surface area contributed by atoms with Gasteiger partial charge in [0.1, 0.15) is 11.7 Å². The molecule has 0 saturated heterocycles. The third-order valence-corrected chi connectivity index (χ3v) is 8.97. The third kappa shape index (κ3) is 1.92. The number of allylic oxidation sites excluding steroid dienone is 1. The zero-order valence-corrected chi connectivity index (χ0v) is 18.5. The Morgan fingerprint density at radius 2 is 1.87 bits per heavy atom. The van der Waals surface area contributed by atoms with Gasteiger partial charge in [-0.3, -0.25) is 9.59 Å². The van der Waals surface area contributed by atoms with Crippen molar-refractivity contribution in [3.05, 3.63) is 35.5 Å². The van der Waals surface area contributed by atoms with Crippen molar-refractivity contribution >= 4 is 17.7 Å². The molecule has 2 saturated carbocycles. The lowest BCUT2D eigenvalue weighted by Gasteiger charge is -2.59. The van der Waals surface area contributed by atoms with Crippen molar-refractivity contribution in [2.75, 3.05) is 7.11 Å². The van der Waals surface area contributed by atoms with Crippen molar-refractivity contribution < 1.29 is 29.0 Å². The molecule has 3 aliphatic carbocycles. The average Bonchev–Trinajstić information content (AvgIpc) is 2.78. The largest absolute Gasteiger partial charge is 0.468 e. The van der Waals surface area contributed by atoms with Crippen LogP contribution in [-0.4, -0.2) is 41.6 Å². The highest BCUT2D eigenvalue weighted by molar-refractivity contribution is 6.14. The molecule has 6 nitrogen and oxygen atoms in total. The number of methoxy groups -OCH3 is 1. The molecule has 6 heteroatoms. The first kappa shape index (κ1) is 21.0. The predicted molar refractivity (Wildman–Crippen MR) is 109 cm³/mol. The number of hydrogen-bond acceptors (Lipinski definition) is 6. The normalized spacial score (nSPS) is 44.2. The monoisotopic (exact) mass is 414 g/mol. The molecule has 0 aromatic rings. The zero-order valence-electron chi connectivity index (χ0n) is 18.5. The number of fused-ring (bicyclic) bond motifs is 4. The second-order valence-corrected chi connectivity index (χ2v) is 10.3. The van der Waals surface area contributed by atoms with Crippen molar-refractivity contribution in [3.8, 4) is 0 Å². The Bertz CT molecular complexity index is 970. The summed E-state index contributed by atoms with van der Waals surface area (Å²) >= 11 is 0. The van der Waals surface area contributed by atoms with Crippen LogP contribution in [0.2, 0.25) is 0 Å². The van der Waals surface area contributed by atoms with E-state index < -0.39 is 45.1 Å². The number of carbonyl (C=O) groups excluding carboxylic acids is 3. The van der Waals surface area contributed by atoms with E-state index in [1.165, 1.54) is 13.2 Å². The van der Waals surface area contributed by atoms with Crippen LogP contribution in [0.5, 0.6) is 0 Å². The first-order valence-corrected chi connectivity index (χ1v) is 10.4. The van der Waals surface area contributed by atoms with Gasteiger partial charge in [-0.1, -0.05) is 37.6 Å². The molecule has 162 valence electrons. The van der Waals surface area contributed by atoms with Crippen LogP contribution >= 0.6 is 0 Å². The molecular formula is C24H30O6. The Morgan fingerprint density at radius 3 is 2.43 bits per heavy atom. The number of cyclic esters (lactones) is 1. The summed E-state index contributed by atoms with van der Waals surface area (Å²) < 4.78 is 10.9. The Labute approximate surface area is 177 Å². The van der Waals surface area contributed by atoms with E-state index in [0.29, 0.717) is 24.8 Å². The fraction of sp³-hybridized carbons (Fsp3) is 0.625.